The zero-order valence-electron chi connectivity index (χ0n) is 12.1. The van der Waals surface area contributed by atoms with Crippen molar-refractivity contribution >= 4 is 0 Å². The van der Waals surface area contributed by atoms with Crippen LogP contribution in [-0.2, 0) is 0 Å². The SMILES string of the molecule is [2H]C1[C@@H](C)[C@H](c2ccc(F)cc2)CN1C(C)(C)C. The van der Waals surface area contributed by atoms with Gasteiger partial charge in [-0.05, 0) is 44.4 Å². The minimum absolute atomic E-state index is 0.00938. The standard InChI is InChI=1S/C15H22FN/c1-11-9-17(15(2,3)4)10-14(11)12-5-7-13(16)8-6-12/h5-8,11,14H,9-10H2,1-4H3/t11-,14-/m1/s1/i9D/t9?,11-,14-. The van der Waals surface area contributed by atoms with E-state index in [0.29, 0.717) is 5.92 Å². The van der Waals surface area contributed by atoms with Gasteiger partial charge in [-0.3, -0.25) is 4.90 Å². The average molecular weight is 236 g/mol. The predicted octanol–water partition coefficient (Wildman–Crippen LogP) is 3.66. The summed E-state index contributed by atoms with van der Waals surface area (Å²) in [7, 11) is 0. The fourth-order valence-electron chi connectivity index (χ4n) is 2.44. The van der Waals surface area contributed by atoms with E-state index in [9.17, 15) is 4.39 Å². The van der Waals surface area contributed by atoms with E-state index in [1.807, 2.05) is 12.1 Å². The lowest BCUT2D eigenvalue weighted by molar-refractivity contribution is 0.168. The number of rotatable bonds is 1. The molecule has 0 saturated carbocycles. The number of halogens is 1. The van der Waals surface area contributed by atoms with Crippen molar-refractivity contribution in [1.82, 2.24) is 4.90 Å². The number of hydrogen-bond donors (Lipinski definition) is 0. The van der Waals surface area contributed by atoms with Crippen LogP contribution in [0.3, 0.4) is 0 Å². The molecule has 2 rings (SSSR count). The second-order valence-corrected chi connectivity index (χ2v) is 5.99. The topological polar surface area (TPSA) is 3.24 Å². The van der Waals surface area contributed by atoms with Crippen molar-refractivity contribution in [2.45, 2.75) is 39.2 Å². The van der Waals surface area contributed by atoms with Crippen LogP contribution >= 0.6 is 0 Å². The van der Waals surface area contributed by atoms with E-state index in [0.717, 1.165) is 12.1 Å². The van der Waals surface area contributed by atoms with Gasteiger partial charge in [0.05, 0.1) is 0 Å². The third-order valence-corrected chi connectivity index (χ3v) is 3.60. The molecular weight excluding hydrogens is 213 g/mol. The van der Waals surface area contributed by atoms with E-state index < -0.39 is 0 Å². The highest BCUT2D eigenvalue weighted by Gasteiger charge is 2.35. The van der Waals surface area contributed by atoms with Crippen molar-refractivity contribution in [3.63, 3.8) is 0 Å². The third kappa shape index (κ3) is 2.68. The molecule has 1 saturated heterocycles. The summed E-state index contributed by atoms with van der Waals surface area (Å²) in [5.41, 5.74) is 1.16. The zero-order chi connectivity index (χ0) is 13.5. The summed E-state index contributed by atoms with van der Waals surface area (Å²) in [4.78, 5) is 2.23. The Labute approximate surface area is 105 Å². The minimum atomic E-state index is -0.195. The van der Waals surface area contributed by atoms with Crippen LogP contribution in [0.5, 0.6) is 0 Å². The largest absolute Gasteiger partial charge is 0.298 e. The first kappa shape index (κ1) is 11.2. The second-order valence-electron chi connectivity index (χ2n) is 5.99. The smallest absolute Gasteiger partial charge is 0.123 e. The monoisotopic (exact) mass is 236 g/mol. The molecule has 1 aliphatic heterocycles. The van der Waals surface area contributed by atoms with Gasteiger partial charge in [0.15, 0.2) is 0 Å². The summed E-state index contributed by atoms with van der Waals surface area (Å²) in [5, 5.41) is 0. The summed E-state index contributed by atoms with van der Waals surface area (Å²) < 4.78 is 21.3. The van der Waals surface area contributed by atoms with Crippen molar-refractivity contribution < 1.29 is 5.76 Å². The lowest BCUT2D eigenvalue weighted by Gasteiger charge is -2.31. The fourth-order valence-corrected chi connectivity index (χ4v) is 2.44. The van der Waals surface area contributed by atoms with Gasteiger partial charge < -0.3 is 0 Å². The summed E-state index contributed by atoms with van der Waals surface area (Å²) >= 11 is 0. The van der Waals surface area contributed by atoms with E-state index in [1.165, 1.54) is 12.1 Å². The molecule has 0 bridgehead atoms. The van der Waals surface area contributed by atoms with Crippen LogP contribution in [0.4, 0.5) is 4.39 Å². The Hall–Kier alpha value is -0.890. The van der Waals surface area contributed by atoms with Crippen LogP contribution in [0, 0.1) is 11.7 Å². The van der Waals surface area contributed by atoms with E-state index >= 15 is 0 Å². The molecule has 0 spiro atoms. The highest BCUT2D eigenvalue weighted by atomic mass is 19.1. The quantitative estimate of drug-likeness (QED) is 0.719. The van der Waals surface area contributed by atoms with Crippen molar-refractivity contribution in [3.05, 3.63) is 35.6 Å². The van der Waals surface area contributed by atoms with Crippen molar-refractivity contribution in [3.8, 4) is 0 Å². The molecule has 1 aliphatic rings. The Balaban J connectivity index is 2.23. The summed E-state index contributed by atoms with van der Waals surface area (Å²) in [5.74, 6) is 0.404. The Bertz CT molecular complexity index is 409. The number of benzene rings is 1. The molecule has 0 N–H and O–H groups in total. The third-order valence-electron chi connectivity index (χ3n) is 3.60. The van der Waals surface area contributed by atoms with Crippen LogP contribution in [0.15, 0.2) is 24.3 Å². The molecule has 0 radical (unpaired) electrons. The maximum atomic E-state index is 13.0. The van der Waals surface area contributed by atoms with Crippen LogP contribution in [0.25, 0.3) is 0 Å². The molecule has 0 aromatic heterocycles. The van der Waals surface area contributed by atoms with Gasteiger partial charge in [-0.1, -0.05) is 19.1 Å². The number of nitrogens with zero attached hydrogens (tertiary/aromatic N) is 1. The molecular formula is C15H22FN. The maximum Gasteiger partial charge on any atom is 0.123 e. The van der Waals surface area contributed by atoms with Crippen LogP contribution < -0.4 is 0 Å². The molecule has 94 valence electrons. The first-order chi connectivity index (χ1) is 8.30. The minimum Gasteiger partial charge on any atom is -0.298 e. The molecule has 0 amide bonds. The second kappa shape index (κ2) is 4.41. The number of hydrogen-bond acceptors (Lipinski definition) is 1. The van der Waals surface area contributed by atoms with Crippen LogP contribution in [-0.4, -0.2) is 23.5 Å². The fraction of sp³-hybridized carbons (Fsp3) is 0.600. The highest BCUT2D eigenvalue weighted by molar-refractivity contribution is 5.23. The van der Waals surface area contributed by atoms with E-state index in [1.54, 1.807) is 0 Å². The Morgan fingerprint density at radius 2 is 1.88 bits per heavy atom. The van der Waals surface area contributed by atoms with Gasteiger partial charge in [-0.2, -0.15) is 0 Å². The van der Waals surface area contributed by atoms with Gasteiger partial charge in [0.2, 0.25) is 0 Å². The van der Waals surface area contributed by atoms with Gasteiger partial charge >= 0.3 is 0 Å². The molecule has 0 aliphatic carbocycles. The normalized spacial score (nSPS) is 31.6. The van der Waals surface area contributed by atoms with E-state index in [4.69, 9.17) is 1.37 Å². The summed E-state index contributed by atoms with van der Waals surface area (Å²) in [6.45, 7) is 9.26. The van der Waals surface area contributed by atoms with Crippen LogP contribution in [0.1, 0.15) is 40.5 Å². The molecule has 1 aromatic carbocycles. The van der Waals surface area contributed by atoms with Gasteiger partial charge in [-0.25, -0.2) is 4.39 Å². The first-order valence-corrected chi connectivity index (χ1v) is 6.25. The zero-order valence-corrected chi connectivity index (χ0v) is 11.1. The number of likely N-dealkylation sites (tertiary alicyclic amines) is 1. The van der Waals surface area contributed by atoms with Crippen LogP contribution in [0.2, 0.25) is 0 Å². The summed E-state index contributed by atoms with van der Waals surface area (Å²) in [6.07, 6.45) is 0. The van der Waals surface area contributed by atoms with E-state index in [2.05, 4.69) is 32.6 Å². The van der Waals surface area contributed by atoms with Gasteiger partial charge in [-0.15, -0.1) is 0 Å². The predicted molar refractivity (Wildman–Crippen MR) is 69.6 cm³/mol. The van der Waals surface area contributed by atoms with Crippen molar-refractivity contribution in [2.75, 3.05) is 13.1 Å². The summed E-state index contributed by atoms with van der Waals surface area (Å²) in [6, 6.07) is 6.74. The highest BCUT2D eigenvalue weighted by Crippen LogP contribution is 2.35. The molecule has 2 heteroatoms. The van der Waals surface area contributed by atoms with Crippen molar-refractivity contribution in [1.29, 1.82) is 0 Å². The molecule has 1 nitrogen and oxygen atoms in total. The maximum absolute atomic E-state index is 13.0. The van der Waals surface area contributed by atoms with E-state index in [-0.39, 0.29) is 23.8 Å². The lowest BCUT2D eigenvalue weighted by Crippen LogP contribution is -2.39. The van der Waals surface area contributed by atoms with Gasteiger partial charge in [0.25, 0.3) is 0 Å². The lowest BCUT2D eigenvalue weighted by atomic mass is 9.90. The molecule has 1 aromatic rings. The Morgan fingerprint density at radius 1 is 1.29 bits per heavy atom. The van der Waals surface area contributed by atoms with Crippen molar-refractivity contribution in [2.24, 2.45) is 5.92 Å². The average Bonchev–Trinajstić information content (AvgIpc) is 2.57. The van der Waals surface area contributed by atoms with Gasteiger partial charge in [0, 0.05) is 25.9 Å². The Kier molecular flexibility index (Phi) is 2.91. The van der Waals surface area contributed by atoms with Gasteiger partial charge in [0.1, 0.15) is 5.82 Å². The molecule has 1 heterocycles. The first-order valence-electron chi connectivity index (χ1n) is 6.83. The molecule has 3 atom stereocenters. The molecule has 1 unspecified atom stereocenters. The molecule has 17 heavy (non-hydrogen) atoms. The Morgan fingerprint density at radius 3 is 2.35 bits per heavy atom. The molecule has 1 fully saturated rings.